The Labute approximate surface area is 132 Å². The second kappa shape index (κ2) is 6.62. The molecule has 1 fully saturated rings. The lowest BCUT2D eigenvalue weighted by Crippen LogP contribution is -2.31. The summed E-state index contributed by atoms with van der Waals surface area (Å²) in [7, 11) is 0. The number of anilines is 2. The molecule has 3 rings (SSSR count). The number of amides is 2. The van der Waals surface area contributed by atoms with Gasteiger partial charge in [0, 0.05) is 6.04 Å². The highest BCUT2D eigenvalue weighted by atomic mass is 32.1. The van der Waals surface area contributed by atoms with E-state index in [1.165, 1.54) is 11.3 Å². The van der Waals surface area contributed by atoms with Crippen LogP contribution in [0.15, 0.2) is 41.8 Å². The van der Waals surface area contributed by atoms with E-state index >= 15 is 0 Å². The van der Waals surface area contributed by atoms with Gasteiger partial charge in [-0.05, 0) is 36.4 Å². The number of hydrogen-bond donors (Lipinski definition) is 3. The maximum absolute atomic E-state index is 12.1. The molecule has 0 bridgehead atoms. The van der Waals surface area contributed by atoms with Crippen molar-refractivity contribution in [1.29, 1.82) is 0 Å². The molecule has 0 atom stereocenters. The van der Waals surface area contributed by atoms with Gasteiger partial charge in [0.1, 0.15) is 0 Å². The van der Waals surface area contributed by atoms with Crippen molar-refractivity contribution in [2.75, 3.05) is 17.2 Å². The number of carbonyl (C=O) groups excluding carboxylic acids is 2. The third-order valence-electron chi connectivity index (χ3n) is 3.30. The topological polar surface area (TPSA) is 70.2 Å². The zero-order valence-electron chi connectivity index (χ0n) is 12.0. The van der Waals surface area contributed by atoms with Crippen molar-refractivity contribution in [1.82, 2.24) is 5.32 Å². The molecule has 2 aromatic rings. The SMILES string of the molecule is O=C(CNc1ccccc1NC(=O)c1cccs1)NC1CC1. The molecule has 1 aromatic carbocycles. The van der Waals surface area contributed by atoms with Gasteiger partial charge in [-0.2, -0.15) is 0 Å². The largest absolute Gasteiger partial charge is 0.374 e. The number of rotatable bonds is 6. The van der Waals surface area contributed by atoms with Crippen LogP contribution in [0.3, 0.4) is 0 Å². The van der Waals surface area contributed by atoms with Crippen molar-refractivity contribution in [3.63, 3.8) is 0 Å². The van der Waals surface area contributed by atoms with E-state index in [4.69, 9.17) is 0 Å². The molecular formula is C16H17N3O2S. The summed E-state index contributed by atoms with van der Waals surface area (Å²) in [5.41, 5.74) is 1.40. The zero-order chi connectivity index (χ0) is 15.4. The Morgan fingerprint density at radius 1 is 1.09 bits per heavy atom. The molecule has 114 valence electrons. The van der Waals surface area contributed by atoms with Crippen LogP contribution in [-0.2, 0) is 4.79 Å². The summed E-state index contributed by atoms with van der Waals surface area (Å²) in [5.74, 6) is -0.173. The summed E-state index contributed by atoms with van der Waals surface area (Å²) in [4.78, 5) is 24.5. The minimum atomic E-state index is -0.147. The van der Waals surface area contributed by atoms with E-state index in [1.54, 1.807) is 6.07 Å². The van der Waals surface area contributed by atoms with Gasteiger partial charge in [-0.3, -0.25) is 9.59 Å². The first-order chi connectivity index (χ1) is 10.7. The molecule has 6 heteroatoms. The second-order valence-corrected chi connectivity index (χ2v) is 6.12. The fourth-order valence-electron chi connectivity index (χ4n) is 2.02. The van der Waals surface area contributed by atoms with Crippen LogP contribution in [0.5, 0.6) is 0 Å². The maximum Gasteiger partial charge on any atom is 0.265 e. The van der Waals surface area contributed by atoms with Crippen molar-refractivity contribution in [2.24, 2.45) is 0 Å². The lowest BCUT2D eigenvalue weighted by atomic mass is 10.2. The van der Waals surface area contributed by atoms with Crippen LogP contribution in [0.2, 0.25) is 0 Å². The van der Waals surface area contributed by atoms with Gasteiger partial charge in [-0.25, -0.2) is 0 Å². The number of hydrogen-bond acceptors (Lipinski definition) is 4. The van der Waals surface area contributed by atoms with Crippen molar-refractivity contribution in [3.05, 3.63) is 46.7 Å². The van der Waals surface area contributed by atoms with Gasteiger partial charge < -0.3 is 16.0 Å². The van der Waals surface area contributed by atoms with Crippen LogP contribution in [0.4, 0.5) is 11.4 Å². The quantitative estimate of drug-likeness (QED) is 0.767. The smallest absolute Gasteiger partial charge is 0.265 e. The summed E-state index contributed by atoms with van der Waals surface area (Å²) in [6.45, 7) is 0.197. The predicted octanol–water partition coefficient (Wildman–Crippen LogP) is 2.69. The number of para-hydroxylation sites is 2. The third-order valence-corrected chi connectivity index (χ3v) is 4.17. The molecular weight excluding hydrogens is 298 g/mol. The van der Waals surface area contributed by atoms with E-state index in [0.717, 1.165) is 18.5 Å². The van der Waals surface area contributed by atoms with Crippen LogP contribution in [0.1, 0.15) is 22.5 Å². The van der Waals surface area contributed by atoms with Crippen LogP contribution in [0, 0.1) is 0 Å². The molecule has 22 heavy (non-hydrogen) atoms. The molecule has 3 N–H and O–H groups in total. The van der Waals surface area contributed by atoms with Crippen molar-refractivity contribution >= 4 is 34.5 Å². The van der Waals surface area contributed by atoms with Crippen molar-refractivity contribution < 1.29 is 9.59 Å². The normalized spacial score (nSPS) is 13.5. The molecule has 1 heterocycles. The van der Waals surface area contributed by atoms with E-state index in [1.807, 2.05) is 35.7 Å². The van der Waals surface area contributed by atoms with Crippen LogP contribution in [0.25, 0.3) is 0 Å². The molecule has 0 radical (unpaired) electrons. The molecule has 0 saturated heterocycles. The van der Waals surface area contributed by atoms with Gasteiger partial charge in [-0.1, -0.05) is 18.2 Å². The lowest BCUT2D eigenvalue weighted by molar-refractivity contribution is -0.119. The molecule has 1 aliphatic carbocycles. The molecule has 1 saturated carbocycles. The minimum Gasteiger partial charge on any atom is -0.374 e. The number of carbonyl (C=O) groups is 2. The summed E-state index contributed by atoms with van der Waals surface area (Å²) < 4.78 is 0. The van der Waals surface area contributed by atoms with Crippen molar-refractivity contribution in [3.8, 4) is 0 Å². The van der Waals surface area contributed by atoms with Gasteiger partial charge in [0.05, 0.1) is 22.8 Å². The van der Waals surface area contributed by atoms with Crippen LogP contribution in [-0.4, -0.2) is 24.4 Å². The van der Waals surface area contributed by atoms with E-state index in [0.29, 0.717) is 16.6 Å². The minimum absolute atomic E-state index is 0.0260. The molecule has 1 aliphatic rings. The predicted molar refractivity (Wildman–Crippen MR) is 88.4 cm³/mol. The molecule has 0 spiro atoms. The standard InChI is InChI=1S/C16H17N3O2S/c20-15(18-11-7-8-11)10-17-12-4-1-2-5-13(12)19-16(21)14-6-3-9-22-14/h1-6,9,11,17H,7-8,10H2,(H,18,20)(H,19,21). The van der Waals surface area contributed by atoms with Gasteiger partial charge in [0.15, 0.2) is 0 Å². The lowest BCUT2D eigenvalue weighted by Gasteiger charge is -2.12. The highest BCUT2D eigenvalue weighted by molar-refractivity contribution is 7.12. The Morgan fingerprint density at radius 2 is 1.86 bits per heavy atom. The van der Waals surface area contributed by atoms with E-state index in [2.05, 4.69) is 16.0 Å². The molecule has 0 unspecified atom stereocenters. The number of benzene rings is 1. The molecule has 2 amide bonds. The van der Waals surface area contributed by atoms with Crippen LogP contribution < -0.4 is 16.0 Å². The Hall–Kier alpha value is -2.34. The first kappa shape index (κ1) is 14.6. The van der Waals surface area contributed by atoms with E-state index in [9.17, 15) is 9.59 Å². The molecule has 1 aromatic heterocycles. The maximum atomic E-state index is 12.1. The Balaban J connectivity index is 1.61. The summed E-state index contributed by atoms with van der Waals surface area (Å²) >= 11 is 1.39. The highest BCUT2D eigenvalue weighted by Crippen LogP contribution is 2.22. The Kier molecular flexibility index (Phi) is 4.39. The van der Waals surface area contributed by atoms with Gasteiger partial charge in [0.2, 0.25) is 5.91 Å². The number of thiophene rings is 1. The monoisotopic (exact) mass is 315 g/mol. The van der Waals surface area contributed by atoms with E-state index < -0.39 is 0 Å². The fourth-order valence-corrected chi connectivity index (χ4v) is 2.64. The van der Waals surface area contributed by atoms with Gasteiger partial charge in [-0.15, -0.1) is 11.3 Å². The first-order valence-corrected chi connectivity index (χ1v) is 8.07. The van der Waals surface area contributed by atoms with Crippen LogP contribution >= 0.6 is 11.3 Å². The summed E-state index contributed by atoms with van der Waals surface area (Å²) in [6.07, 6.45) is 2.14. The van der Waals surface area contributed by atoms with Gasteiger partial charge in [0.25, 0.3) is 5.91 Å². The summed E-state index contributed by atoms with van der Waals surface area (Å²) in [5, 5.41) is 10.7. The van der Waals surface area contributed by atoms with Gasteiger partial charge >= 0.3 is 0 Å². The Morgan fingerprint density at radius 3 is 2.55 bits per heavy atom. The average Bonchev–Trinajstić information content (AvgIpc) is 3.15. The Bertz CT molecular complexity index is 666. The van der Waals surface area contributed by atoms with Crippen molar-refractivity contribution in [2.45, 2.75) is 18.9 Å². The third kappa shape index (κ3) is 3.85. The highest BCUT2D eigenvalue weighted by Gasteiger charge is 2.23. The fraction of sp³-hybridized carbons (Fsp3) is 0.250. The zero-order valence-corrected chi connectivity index (χ0v) is 12.8. The first-order valence-electron chi connectivity index (χ1n) is 7.19. The average molecular weight is 315 g/mol. The summed E-state index contributed by atoms with van der Waals surface area (Å²) in [6, 6.07) is 11.3. The van der Waals surface area contributed by atoms with E-state index in [-0.39, 0.29) is 18.4 Å². The number of nitrogens with one attached hydrogen (secondary N) is 3. The molecule has 5 nitrogen and oxygen atoms in total. The molecule has 0 aliphatic heterocycles. The second-order valence-electron chi connectivity index (χ2n) is 5.17.